The first-order chi connectivity index (χ1) is 8.07. The summed E-state index contributed by atoms with van der Waals surface area (Å²) in [6.07, 6.45) is -2.23. The van der Waals surface area contributed by atoms with Gasteiger partial charge in [0.15, 0.2) is 0 Å². The van der Waals surface area contributed by atoms with Crippen LogP contribution in [0.3, 0.4) is 0 Å². The fraction of sp³-hybridized carbons (Fsp3) is 1.00. The van der Waals surface area contributed by atoms with E-state index in [1.165, 1.54) is 0 Å². The number of hydrogen-bond acceptors (Lipinski definition) is 10. The summed E-state index contributed by atoms with van der Waals surface area (Å²) in [6, 6.07) is -0.853. The van der Waals surface area contributed by atoms with Gasteiger partial charge in [0.05, 0.1) is 31.5 Å². The van der Waals surface area contributed by atoms with Gasteiger partial charge in [-0.25, -0.2) is 16.8 Å². The maximum atomic E-state index is 10.4. The van der Waals surface area contributed by atoms with Gasteiger partial charge in [-0.2, -0.15) is 0 Å². The van der Waals surface area contributed by atoms with Gasteiger partial charge in [-0.1, -0.05) is 0 Å². The van der Waals surface area contributed by atoms with E-state index in [9.17, 15) is 25.9 Å². The molecule has 0 aromatic carbocycles. The second-order valence-electron chi connectivity index (χ2n) is 3.59. The van der Waals surface area contributed by atoms with Crippen LogP contribution in [0.1, 0.15) is 6.42 Å². The van der Waals surface area contributed by atoms with Gasteiger partial charge in [0.1, 0.15) is 0 Å². The Morgan fingerprint density at radius 2 is 1.70 bits per heavy atom. The van der Waals surface area contributed by atoms with Crippen LogP contribution in [-0.2, 0) is 33.9 Å². The van der Waals surface area contributed by atoms with Gasteiger partial charge in [-0.15, -0.1) is 0 Å². The van der Waals surface area contributed by atoms with Crippen molar-refractivity contribution < 1.29 is 98.2 Å². The second-order valence-corrected chi connectivity index (χ2v) is 5.65. The summed E-state index contributed by atoms with van der Waals surface area (Å²) < 4.78 is 75.0. The van der Waals surface area contributed by atoms with Crippen LogP contribution < -0.4 is 64.8 Å². The molecule has 1 fully saturated rings. The Balaban J connectivity index is 0. The Hall–Kier alpha value is 1.66. The van der Waals surface area contributed by atoms with E-state index in [4.69, 9.17) is 10.5 Å². The summed E-state index contributed by atoms with van der Waals surface area (Å²) in [5.74, 6) is 0. The SMILES string of the molecule is NC1COC(COS(=O)(=O)[O-])CC1OS(=O)(=O)[O-].[Na+].[Na+]. The average Bonchev–Trinajstić information content (AvgIpc) is 2.16. The van der Waals surface area contributed by atoms with Crippen LogP contribution in [0, 0.1) is 0 Å². The number of nitrogens with two attached hydrogens (primary N) is 1. The van der Waals surface area contributed by atoms with Gasteiger partial charge < -0.3 is 19.6 Å². The fourth-order valence-corrected chi connectivity index (χ4v) is 2.24. The number of ether oxygens (including phenoxy) is 1. The molecule has 20 heavy (non-hydrogen) atoms. The fourth-order valence-electron chi connectivity index (χ4n) is 1.39. The molecule has 10 nitrogen and oxygen atoms in total. The maximum Gasteiger partial charge on any atom is 1.00 e. The van der Waals surface area contributed by atoms with E-state index in [0.717, 1.165) is 0 Å². The van der Waals surface area contributed by atoms with Crippen molar-refractivity contribution in [2.75, 3.05) is 13.2 Å². The van der Waals surface area contributed by atoms with Crippen molar-refractivity contribution in [3.8, 4) is 0 Å². The molecule has 0 aromatic rings. The zero-order valence-electron chi connectivity index (χ0n) is 10.9. The van der Waals surface area contributed by atoms with Gasteiger partial charge in [0, 0.05) is 6.42 Å². The first-order valence-electron chi connectivity index (χ1n) is 4.68. The van der Waals surface area contributed by atoms with Crippen LogP contribution in [0.2, 0.25) is 0 Å². The minimum atomic E-state index is -4.93. The number of hydrogen-bond donors (Lipinski definition) is 1. The minimum absolute atomic E-state index is 0. The Morgan fingerprint density at radius 3 is 2.15 bits per heavy atom. The van der Waals surface area contributed by atoms with E-state index in [2.05, 4.69) is 8.37 Å². The Bertz CT molecular complexity index is 481. The molecular formula is C6H11NNa2O9S2. The standard InChI is InChI=1S/C6H13NO9S2.2Na/c7-5-3-14-4(2-15-17(8,9)10)1-6(5)16-18(11,12)13;;/h4-6H,1-3,7H2,(H,8,9,10)(H,11,12,13);;/q;2*+1/p-2. The molecule has 1 rings (SSSR count). The van der Waals surface area contributed by atoms with Crippen molar-refractivity contribution in [1.82, 2.24) is 0 Å². The van der Waals surface area contributed by atoms with Crippen LogP contribution in [0.15, 0.2) is 0 Å². The van der Waals surface area contributed by atoms with E-state index in [-0.39, 0.29) is 72.1 Å². The minimum Gasteiger partial charge on any atom is -0.726 e. The molecule has 1 heterocycles. The van der Waals surface area contributed by atoms with E-state index in [0.29, 0.717) is 0 Å². The summed E-state index contributed by atoms with van der Waals surface area (Å²) in [5.41, 5.74) is 5.46. The quantitative estimate of drug-likeness (QED) is 0.285. The molecule has 1 aliphatic rings. The third-order valence-corrected chi connectivity index (χ3v) is 3.04. The van der Waals surface area contributed by atoms with Crippen molar-refractivity contribution >= 4 is 20.8 Å². The molecular weight excluding hydrogens is 340 g/mol. The summed E-state index contributed by atoms with van der Waals surface area (Å²) in [4.78, 5) is 0. The average molecular weight is 351 g/mol. The summed E-state index contributed by atoms with van der Waals surface area (Å²) in [5, 5.41) is 0. The summed E-state index contributed by atoms with van der Waals surface area (Å²) >= 11 is 0. The molecule has 0 amide bonds. The largest absolute Gasteiger partial charge is 1.00 e. The summed E-state index contributed by atoms with van der Waals surface area (Å²) in [6.45, 7) is -0.759. The van der Waals surface area contributed by atoms with Gasteiger partial charge in [-0.05, 0) is 0 Å². The monoisotopic (exact) mass is 351 g/mol. The predicted molar refractivity (Wildman–Crippen MR) is 52.6 cm³/mol. The first kappa shape index (κ1) is 23.9. The Morgan fingerprint density at radius 1 is 1.15 bits per heavy atom. The van der Waals surface area contributed by atoms with Crippen LogP contribution >= 0.6 is 0 Å². The molecule has 3 unspecified atom stereocenters. The molecule has 0 saturated carbocycles. The van der Waals surface area contributed by atoms with Crippen molar-refractivity contribution in [3.05, 3.63) is 0 Å². The maximum absolute atomic E-state index is 10.4. The Kier molecular flexibility index (Phi) is 11.6. The number of rotatable bonds is 5. The molecule has 2 N–H and O–H groups in total. The zero-order chi connectivity index (χ0) is 14.0. The first-order valence-corrected chi connectivity index (χ1v) is 7.35. The van der Waals surface area contributed by atoms with Crippen LogP contribution in [0.5, 0.6) is 0 Å². The topological polar surface area (TPSA) is 168 Å². The smallest absolute Gasteiger partial charge is 0.726 e. The Labute approximate surface area is 161 Å². The van der Waals surface area contributed by atoms with Crippen molar-refractivity contribution in [1.29, 1.82) is 0 Å². The van der Waals surface area contributed by atoms with E-state index < -0.39 is 45.7 Å². The van der Waals surface area contributed by atoms with Crippen molar-refractivity contribution in [2.45, 2.75) is 24.7 Å². The van der Waals surface area contributed by atoms with Crippen molar-refractivity contribution in [2.24, 2.45) is 5.73 Å². The van der Waals surface area contributed by atoms with Crippen LogP contribution in [-0.4, -0.2) is 57.4 Å². The molecule has 0 bridgehead atoms. The third kappa shape index (κ3) is 10.4. The molecule has 0 aliphatic carbocycles. The second kappa shape index (κ2) is 9.72. The molecule has 108 valence electrons. The summed E-state index contributed by atoms with van der Waals surface area (Å²) in [7, 11) is -9.80. The molecule has 0 aromatic heterocycles. The van der Waals surface area contributed by atoms with Crippen LogP contribution in [0.25, 0.3) is 0 Å². The van der Waals surface area contributed by atoms with Gasteiger partial charge in [-0.3, -0.25) is 8.37 Å². The van der Waals surface area contributed by atoms with E-state index in [1.54, 1.807) is 0 Å². The molecule has 14 heteroatoms. The zero-order valence-corrected chi connectivity index (χ0v) is 16.6. The van der Waals surface area contributed by atoms with Gasteiger partial charge in [0.25, 0.3) is 0 Å². The van der Waals surface area contributed by atoms with Crippen LogP contribution in [0.4, 0.5) is 0 Å². The normalized spacial score (nSPS) is 27.2. The van der Waals surface area contributed by atoms with Gasteiger partial charge >= 0.3 is 59.1 Å². The molecule has 1 aliphatic heterocycles. The molecule has 3 atom stereocenters. The van der Waals surface area contributed by atoms with E-state index in [1.807, 2.05) is 0 Å². The molecule has 0 radical (unpaired) electrons. The van der Waals surface area contributed by atoms with Crippen molar-refractivity contribution in [3.63, 3.8) is 0 Å². The third-order valence-electron chi connectivity index (χ3n) is 2.14. The van der Waals surface area contributed by atoms with Gasteiger partial charge in [0.2, 0.25) is 20.8 Å². The predicted octanol–water partition coefficient (Wildman–Crippen LogP) is -8.57. The molecule has 1 saturated heterocycles. The molecule has 0 spiro atoms. The van der Waals surface area contributed by atoms with E-state index >= 15 is 0 Å².